The predicted octanol–water partition coefficient (Wildman–Crippen LogP) is 5.80. The monoisotopic (exact) mass is 515 g/mol. The highest BCUT2D eigenvalue weighted by Crippen LogP contribution is 2.44. The standard InChI is InChI=1S/C27H31Cl2N3O3/c1-14-11-15(2)21(16(3)12-14)25-27(26(34-31-25)32-7-9-33-10-8-32)13-20(30-35-27)22-17(4)23(28)19(6)24(29)18(22)5/h11-12,26H,7-10,13H2,1-6H3. The van der Waals surface area contributed by atoms with Crippen molar-refractivity contribution in [2.24, 2.45) is 10.3 Å². The van der Waals surface area contributed by atoms with Gasteiger partial charge < -0.3 is 14.4 Å². The van der Waals surface area contributed by atoms with Crippen LogP contribution in [0, 0.1) is 41.5 Å². The lowest BCUT2D eigenvalue weighted by Gasteiger charge is -2.37. The zero-order valence-corrected chi connectivity index (χ0v) is 22.6. The number of rotatable bonds is 3. The molecule has 1 fully saturated rings. The third kappa shape index (κ3) is 3.86. The van der Waals surface area contributed by atoms with Crippen LogP contribution >= 0.6 is 23.2 Å². The van der Waals surface area contributed by atoms with Gasteiger partial charge in [0.15, 0.2) is 0 Å². The van der Waals surface area contributed by atoms with Crippen molar-refractivity contribution in [1.29, 1.82) is 0 Å². The lowest BCUT2D eigenvalue weighted by molar-refractivity contribution is -0.159. The molecule has 0 N–H and O–H groups in total. The number of ether oxygens (including phenoxy) is 1. The van der Waals surface area contributed by atoms with Crippen LogP contribution in [0.4, 0.5) is 0 Å². The van der Waals surface area contributed by atoms with Crippen LogP contribution in [0.25, 0.3) is 0 Å². The van der Waals surface area contributed by atoms with Crippen molar-refractivity contribution in [1.82, 2.24) is 4.90 Å². The molecule has 0 radical (unpaired) electrons. The van der Waals surface area contributed by atoms with Crippen molar-refractivity contribution in [2.75, 3.05) is 26.3 Å². The van der Waals surface area contributed by atoms with Gasteiger partial charge >= 0.3 is 0 Å². The minimum absolute atomic E-state index is 0.417. The van der Waals surface area contributed by atoms with Gasteiger partial charge in [0.25, 0.3) is 0 Å². The number of hydrogen-bond acceptors (Lipinski definition) is 6. The first-order valence-electron chi connectivity index (χ1n) is 12.0. The van der Waals surface area contributed by atoms with Crippen molar-refractivity contribution in [3.8, 4) is 0 Å². The van der Waals surface area contributed by atoms with Crippen LogP contribution in [0.3, 0.4) is 0 Å². The molecule has 0 aliphatic carbocycles. The average Bonchev–Trinajstić information content (AvgIpc) is 3.41. The molecule has 8 heteroatoms. The lowest BCUT2D eigenvalue weighted by Crippen LogP contribution is -2.57. The fourth-order valence-electron chi connectivity index (χ4n) is 5.80. The quantitative estimate of drug-likeness (QED) is 0.518. The summed E-state index contributed by atoms with van der Waals surface area (Å²) >= 11 is 13.3. The number of morpholine rings is 1. The van der Waals surface area contributed by atoms with E-state index in [-0.39, 0.29) is 0 Å². The number of aryl methyl sites for hydroxylation is 3. The van der Waals surface area contributed by atoms with Gasteiger partial charge in [0.1, 0.15) is 5.71 Å². The van der Waals surface area contributed by atoms with E-state index in [4.69, 9.17) is 37.6 Å². The normalized spacial score (nSPS) is 24.4. The maximum absolute atomic E-state index is 6.67. The highest BCUT2D eigenvalue weighted by atomic mass is 35.5. The van der Waals surface area contributed by atoms with Crippen molar-refractivity contribution >= 4 is 34.6 Å². The third-order valence-corrected chi connectivity index (χ3v) is 8.57. The Morgan fingerprint density at radius 3 is 2.06 bits per heavy atom. The first-order valence-corrected chi connectivity index (χ1v) is 12.8. The molecular formula is C27H31Cl2N3O3. The van der Waals surface area contributed by atoms with Crippen LogP contribution in [-0.4, -0.2) is 54.5 Å². The first kappa shape index (κ1) is 24.6. The molecule has 2 unspecified atom stereocenters. The van der Waals surface area contributed by atoms with Crippen LogP contribution in [0.5, 0.6) is 0 Å². The minimum Gasteiger partial charge on any atom is -0.379 e. The molecule has 6 nitrogen and oxygen atoms in total. The second kappa shape index (κ2) is 9.07. The third-order valence-electron chi connectivity index (χ3n) is 7.44. The molecule has 2 aromatic carbocycles. The zero-order valence-electron chi connectivity index (χ0n) is 21.1. The summed E-state index contributed by atoms with van der Waals surface area (Å²) in [4.78, 5) is 14.8. The topological polar surface area (TPSA) is 55.7 Å². The van der Waals surface area contributed by atoms with Crippen LogP contribution in [0.15, 0.2) is 22.4 Å². The average molecular weight is 516 g/mol. The fraction of sp³-hybridized carbons (Fsp3) is 0.481. The van der Waals surface area contributed by atoms with Gasteiger partial charge in [-0.25, -0.2) is 0 Å². The summed E-state index contributed by atoms with van der Waals surface area (Å²) in [5.74, 6) is 0. The molecular weight excluding hydrogens is 485 g/mol. The molecule has 35 heavy (non-hydrogen) atoms. The summed E-state index contributed by atoms with van der Waals surface area (Å²) < 4.78 is 5.60. The molecule has 0 aromatic heterocycles. The number of oxime groups is 2. The maximum Gasteiger partial charge on any atom is 0.241 e. The Labute approximate surface area is 216 Å². The van der Waals surface area contributed by atoms with Crippen molar-refractivity contribution in [3.63, 3.8) is 0 Å². The van der Waals surface area contributed by atoms with E-state index < -0.39 is 11.8 Å². The predicted molar refractivity (Wildman–Crippen MR) is 140 cm³/mol. The second-order valence-electron chi connectivity index (χ2n) is 9.89. The summed E-state index contributed by atoms with van der Waals surface area (Å²) in [5.41, 5.74) is 8.96. The summed E-state index contributed by atoms with van der Waals surface area (Å²) in [6.45, 7) is 15.0. The van der Waals surface area contributed by atoms with Gasteiger partial charge in [0.05, 0.1) is 18.9 Å². The van der Waals surface area contributed by atoms with E-state index in [1.807, 2.05) is 20.8 Å². The summed E-state index contributed by atoms with van der Waals surface area (Å²) in [7, 11) is 0. The fourth-order valence-corrected chi connectivity index (χ4v) is 6.23. The molecule has 0 bridgehead atoms. The van der Waals surface area contributed by atoms with Crippen molar-refractivity contribution in [3.05, 3.63) is 66.7 Å². The van der Waals surface area contributed by atoms with Gasteiger partial charge in [-0.3, -0.25) is 4.90 Å². The Kier molecular flexibility index (Phi) is 6.37. The van der Waals surface area contributed by atoms with Crippen LogP contribution < -0.4 is 0 Å². The lowest BCUT2D eigenvalue weighted by atomic mass is 9.80. The molecule has 5 rings (SSSR count). The Bertz CT molecular complexity index is 1210. The Balaban J connectivity index is 1.62. The highest BCUT2D eigenvalue weighted by Gasteiger charge is 2.60. The zero-order chi connectivity index (χ0) is 25.1. The van der Waals surface area contributed by atoms with Gasteiger partial charge in [0, 0.05) is 40.7 Å². The Morgan fingerprint density at radius 2 is 1.46 bits per heavy atom. The van der Waals surface area contributed by atoms with E-state index in [1.165, 1.54) is 5.56 Å². The van der Waals surface area contributed by atoms with Gasteiger partial charge in [-0.05, 0) is 69.4 Å². The Morgan fingerprint density at radius 1 is 0.857 bits per heavy atom. The molecule has 3 aliphatic rings. The number of benzene rings is 2. The van der Waals surface area contributed by atoms with E-state index in [1.54, 1.807) is 0 Å². The summed E-state index contributed by atoms with van der Waals surface area (Å²) in [6.07, 6.45) is 0.0811. The molecule has 0 amide bonds. The smallest absolute Gasteiger partial charge is 0.241 e. The van der Waals surface area contributed by atoms with Crippen molar-refractivity contribution in [2.45, 2.75) is 59.8 Å². The highest BCUT2D eigenvalue weighted by molar-refractivity contribution is 6.38. The largest absolute Gasteiger partial charge is 0.379 e. The molecule has 1 saturated heterocycles. The number of hydrogen-bond donors (Lipinski definition) is 0. The number of halogens is 2. The van der Waals surface area contributed by atoms with Crippen molar-refractivity contribution < 1.29 is 14.4 Å². The number of nitrogens with zero attached hydrogens (tertiary/aromatic N) is 3. The second-order valence-corrected chi connectivity index (χ2v) is 10.6. The first-order chi connectivity index (χ1) is 16.7. The van der Waals surface area contributed by atoms with Gasteiger partial charge in [-0.1, -0.05) is 51.2 Å². The van der Waals surface area contributed by atoms with Crippen LogP contribution in [-0.2, 0) is 14.4 Å². The molecule has 2 aromatic rings. The molecule has 186 valence electrons. The van der Waals surface area contributed by atoms with Crippen LogP contribution in [0.1, 0.15) is 50.9 Å². The molecule has 3 heterocycles. The molecule has 0 saturated carbocycles. The summed E-state index contributed by atoms with van der Waals surface area (Å²) in [6, 6.07) is 4.34. The summed E-state index contributed by atoms with van der Waals surface area (Å²) in [5, 5.41) is 10.6. The Hall–Kier alpha value is -2.12. The van der Waals surface area contributed by atoms with E-state index in [0.29, 0.717) is 29.7 Å². The van der Waals surface area contributed by atoms with E-state index >= 15 is 0 Å². The molecule has 3 aliphatic heterocycles. The minimum atomic E-state index is -0.889. The van der Waals surface area contributed by atoms with Gasteiger partial charge in [-0.2, -0.15) is 0 Å². The van der Waals surface area contributed by atoms with Gasteiger partial charge in [-0.15, -0.1) is 0 Å². The SMILES string of the molecule is Cc1cc(C)c(C2=NOC(N3CCOCC3)C23CC(c2c(C)c(Cl)c(C)c(Cl)c2C)=NO3)c(C)c1. The molecule has 1 spiro atoms. The van der Waals surface area contributed by atoms with E-state index in [9.17, 15) is 0 Å². The maximum atomic E-state index is 6.67. The van der Waals surface area contributed by atoms with Crippen LogP contribution in [0.2, 0.25) is 10.0 Å². The van der Waals surface area contributed by atoms with Gasteiger partial charge in [0.2, 0.25) is 11.8 Å². The molecule has 2 atom stereocenters. The van der Waals surface area contributed by atoms with E-state index in [0.717, 1.165) is 63.5 Å². The van der Waals surface area contributed by atoms with E-state index in [2.05, 4.69) is 48.1 Å².